The number of aryl methyl sites for hydroxylation is 2. The average Bonchev–Trinajstić information content (AvgIpc) is 2.78. The topological polar surface area (TPSA) is 78.5 Å². The molecule has 0 aromatic heterocycles. The highest BCUT2D eigenvalue weighted by atomic mass is 16.2. The normalized spacial score (nSPS) is 23.0. The van der Waals surface area contributed by atoms with Crippen LogP contribution in [0.1, 0.15) is 49.8 Å². The van der Waals surface area contributed by atoms with Gasteiger partial charge in [-0.1, -0.05) is 25.1 Å². The fourth-order valence-corrected chi connectivity index (χ4v) is 3.27. The summed E-state index contributed by atoms with van der Waals surface area (Å²) in [5, 5.41) is 3.41. The van der Waals surface area contributed by atoms with Gasteiger partial charge in [-0.25, -0.2) is 4.79 Å². The number of urea groups is 1. The SMILES string of the molecule is CC[C@@]1(C)NC(=O)N(NC(=O)Cc2ccc3c(c2)CCCC3)C1=O. The summed E-state index contributed by atoms with van der Waals surface area (Å²) < 4.78 is 0. The van der Waals surface area contributed by atoms with E-state index in [4.69, 9.17) is 0 Å². The van der Waals surface area contributed by atoms with Gasteiger partial charge in [0.2, 0.25) is 5.91 Å². The van der Waals surface area contributed by atoms with Crippen LogP contribution in [0.3, 0.4) is 0 Å². The Labute approximate surface area is 141 Å². The van der Waals surface area contributed by atoms with E-state index in [1.807, 2.05) is 13.0 Å². The molecule has 1 aliphatic heterocycles. The second-order valence-corrected chi connectivity index (χ2v) is 6.78. The largest absolute Gasteiger partial charge is 0.344 e. The van der Waals surface area contributed by atoms with E-state index in [0.29, 0.717) is 6.42 Å². The molecule has 0 bridgehead atoms. The van der Waals surface area contributed by atoms with Crippen molar-refractivity contribution in [2.75, 3.05) is 0 Å². The number of rotatable bonds is 4. The number of hydrazine groups is 1. The molecule has 1 fully saturated rings. The predicted octanol–water partition coefficient (Wildman–Crippen LogP) is 1.86. The molecular formula is C18H23N3O3. The maximum Gasteiger partial charge on any atom is 0.344 e. The van der Waals surface area contributed by atoms with Gasteiger partial charge in [-0.05, 0) is 55.7 Å². The number of carbonyl (C=O) groups is 3. The van der Waals surface area contributed by atoms with E-state index in [-0.39, 0.29) is 12.3 Å². The molecule has 1 saturated heterocycles. The summed E-state index contributed by atoms with van der Waals surface area (Å²) in [6.07, 6.45) is 5.16. The molecule has 0 unspecified atom stereocenters. The lowest BCUT2D eigenvalue weighted by molar-refractivity contribution is -0.138. The Morgan fingerprint density at radius 3 is 2.62 bits per heavy atom. The molecule has 1 atom stereocenters. The zero-order valence-electron chi connectivity index (χ0n) is 14.1. The monoisotopic (exact) mass is 329 g/mol. The minimum atomic E-state index is -0.948. The van der Waals surface area contributed by atoms with Crippen LogP contribution in [0.25, 0.3) is 0 Å². The van der Waals surface area contributed by atoms with E-state index in [9.17, 15) is 14.4 Å². The Balaban J connectivity index is 1.66. The molecule has 6 nitrogen and oxygen atoms in total. The van der Waals surface area contributed by atoms with E-state index in [2.05, 4.69) is 22.9 Å². The number of amides is 4. The summed E-state index contributed by atoms with van der Waals surface area (Å²) in [5.74, 6) is -0.789. The van der Waals surface area contributed by atoms with Crippen LogP contribution in [0.4, 0.5) is 4.79 Å². The van der Waals surface area contributed by atoms with Crippen molar-refractivity contribution in [3.05, 3.63) is 34.9 Å². The summed E-state index contributed by atoms with van der Waals surface area (Å²) in [4.78, 5) is 36.4. The van der Waals surface area contributed by atoms with Crippen LogP contribution < -0.4 is 10.7 Å². The van der Waals surface area contributed by atoms with E-state index >= 15 is 0 Å². The van der Waals surface area contributed by atoms with Gasteiger partial charge in [0.05, 0.1) is 6.42 Å². The molecule has 1 aromatic carbocycles. The number of nitrogens with one attached hydrogen (secondary N) is 2. The molecule has 0 spiro atoms. The third-order valence-electron chi connectivity index (χ3n) is 4.98. The van der Waals surface area contributed by atoms with Gasteiger partial charge in [0.25, 0.3) is 5.91 Å². The first-order valence-corrected chi connectivity index (χ1v) is 8.50. The highest BCUT2D eigenvalue weighted by Gasteiger charge is 2.47. The fraction of sp³-hybridized carbons (Fsp3) is 0.500. The molecule has 1 aliphatic carbocycles. The minimum absolute atomic E-state index is 0.146. The van der Waals surface area contributed by atoms with Crippen molar-refractivity contribution in [1.82, 2.24) is 15.8 Å². The average molecular weight is 329 g/mol. The number of hydrogen-bond donors (Lipinski definition) is 2. The fourth-order valence-electron chi connectivity index (χ4n) is 3.27. The van der Waals surface area contributed by atoms with Crippen LogP contribution in [0.5, 0.6) is 0 Å². The molecule has 1 aromatic rings. The van der Waals surface area contributed by atoms with E-state index in [0.717, 1.165) is 23.4 Å². The van der Waals surface area contributed by atoms with Crippen molar-refractivity contribution in [3.63, 3.8) is 0 Å². The molecule has 6 heteroatoms. The van der Waals surface area contributed by atoms with Crippen molar-refractivity contribution >= 4 is 17.8 Å². The molecule has 1 heterocycles. The summed E-state index contributed by atoms with van der Waals surface area (Å²) in [6, 6.07) is 5.52. The van der Waals surface area contributed by atoms with Crippen LogP contribution in [0.2, 0.25) is 0 Å². The van der Waals surface area contributed by atoms with Crippen LogP contribution in [0, 0.1) is 0 Å². The molecule has 2 N–H and O–H groups in total. The van der Waals surface area contributed by atoms with Crippen molar-refractivity contribution in [3.8, 4) is 0 Å². The molecule has 24 heavy (non-hydrogen) atoms. The third-order valence-corrected chi connectivity index (χ3v) is 4.98. The number of hydrogen-bond acceptors (Lipinski definition) is 3. The van der Waals surface area contributed by atoms with Gasteiger partial charge in [-0.3, -0.25) is 15.0 Å². The Hall–Kier alpha value is -2.37. The Morgan fingerprint density at radius 2 is 1.96 bits per heavy atom. The van der Waals surface area contributed by atoms with Crippen molar-refractivity contribution in [1.29, 1.82) is 0 Å². The highest BCUT2D eigenvalue weighted by Crippen LogP contribution is 2.23. The van der Waals surface area contributed by atoms with E-state index in [1.165, 1.54) is 24.0 Å². The zero-order chi connectivity index (χ0) is 17.3. The number of imide groups is 1. The summed E-state index contributed by atoms with van der Waals surface area (Å²) in [7, 11) is 0. The first kappa shape index (κ1) is 16.5. The van der Waals surface area contributed by atoms with Gasteiger partial charge in [-0.2, -0.15) is 5.01 Å². The van der Waals surface area contributed by atoms with Gasteiger partial charge in [0, 0.05) is 0 Å². The molecule has 0 saturated carbocycles. The molecule has 2 aliphatic rings. The lowest BCUT2D eigenvalue weighted by atomic mass is 9.90. The number of benzene rings is 1. The van der Waals surface area contributed by atoms with Gasteiger partial charge < -0.3 is 5.32 Å². The summed E-state index contributed by atoms with van der Waals surface area (Å²) >= 11 is 0. The number of nitrogens with zero attached hydrogens (tertiary/aromatic N) is 1. The number of carbonyl (C=O) groups excluding carboxylic acids is 3. The Bertz CT molecular complexity index is 701. The second kappa shape index (κ2) is 6.26. The lowest BCUT2D eigenvalue weighted by Gasteiger charge is -2.19. The maximum absolute atomic E-state index is 12.3. The predicted molar refractivity (Wildman–Crippen MR) is 89.0 cm³/mol. The first-order valence-electron chi connectivity index (χ1n) is 8.50. The summed E-state index contributed by atoms with van der Waals surface area (Å²) in [6.45, 7) is 3.47. The number of fused-ring (bicyclic) bond motifs is 1. The van der Waals surface area contributed by atoms with Crippen LogP contribution >= 0.6 is 0 Å². The standard InChI is InChI=1S/C18H23N3O3/c1-3-18(2)16(23)21(17(24)19-18)20-15(22)11-12-8-9-13-6-4-5-7-14(13)10-12/h8-10H,3-7,11H2,1-2H3,(H,19,24)(H,20,22)/t18-/m1/s1. The van der Waals surface area contributed by atoms with Gasteiger partial charge in [0.15, 0.2) is 0 Å². The molecular weight excluding hydrogens is 306 g/mol. The zero-order valence-corrected chi connectivity index (χ0v) is 14.1. The second-order valence-electron chi connectivity index (χ2n) is 6.78. The molecule has 4 amide bonds. The molecule has 128 valence electrons. The van der Waals surface area contributed by atoms with Gasteiger partial charge in [0.1, 0.15) is 5.54 Å². The highest BCUT2D eigenvalue weighted by molar-refractivity contribution is 6.07. The maximum atomic E-state index is 12.3. The lowest BCUT2D eigenvalue weighted by Crippen LogP contribution is -2.49. The van der Waals surface area contributed by atoms with E-state index in [1.54, 1.807) is 6.92 Å². The Kier molecular flexibility index (Phi) is 4.30. The minimum Gasteiger partial charge on any atom is -0.322 e. The summed E-state index contributed by atoms with van der Waals surface area (Å²) in [5.41, 5.74) is 5.05. The van der Waals surface area contributed by atoms with Crippen LogP contribution in [-0.2, 0) is 28.9 Å². The van der Waals surface area contributed by atoms with E-state index < -0.39 is 17.5 Å². The van der Waals surface area contributed by atoms with Gasteiger partial charge in [-0.15, -0.1) is 0 Å². The quantitative estimate of drug-likeness (QED) is 0.828. The third kappa shape index (κ3) is 3.00. The van der Waals surface area contributed by atoms with Crippen LogP contribution in [0.15, 0.2) is 18.2 Å². The smallest absolute Gasteiger partial charge is 0.322 e. The first-order chi connectivity index (χ1) is 11.4. The Morgan fingerprint density at radius 1 is 1.25 bits per heavy atom. The van der Waals surface area contributed by atoms with Crippen molar-refractivity contribution < 1.29 is 14.4 Å². The van der Waals surface area contributed by atoms with Crippen LogP contribution in [-0.4, -0.2) is 28.4 Å². The van der Waals surface area contributed by atoms with Crippen molar-refractivity contribution in [2.45, 2.75) is 57.9 Å². The molecule has 0 radical (unpaired) electrons. The molecule has 3 rings (SSSR count). The van der Waals surface area contributed by atoms with Gasteiger partial charge >= 0.3 is 6.03 Å². The van der Waals surface area contributed by atoms with Crippen molar-refractivity contribution in [2.24, 2.45) is 0 Å².